The second kappa shape index (κ2) is 7.70. The number of hydrogen-bond donors (Lipinski definition) is 1. The predicted octanol–water partition coefficient (Wildman–Crippen LogP) is 2.70. The molecule has 1 amide bonds. The van der Waals surface area contributed by atoms with Crippen LogP contribution in [0.15, 0.2) is 12.3 Å². The van der Waals surface area contributed by atoms with E-state index in [-0.39, 0.29) is 5.91 Å². The van der Waals surface area contributed by atoms with Crippen LogP contribution in [0, 0.1) is 18.8 Å². The van der Waals surface area contributed by atoms with Gasteiger partial charge in [0.2, 0.25) is 0 Å². The van der Waals surface area contributed by atoms with Gasteiger partial charge in [-0.1, -0.05) is 13.8 Å². The van der Waals surface area contributed by atoms with Crippen LogP contribution in [-0.4, -0.2) is 67.9 Å². The molecule has 28 heavy (non-hydrogen) atoms. The number of rotatable bonds is 5. The third-order valence-electron chi connectivity index (χ3n) is 6.32. The lowest BCUT2D eigenvalue weighted by Crippen LogP contribution is -2.46. The van der Waals surface area contributed by atoms with Gasteiger partial charge in [0.15, 0.2) is 0 Å². The van der Waals surface area contributed by atoms with Gasteiger partial charge < -0.3 is 4.90 Å². The number of carbonyl (C=O) groups is 1. The van der Waals surface area contributed by atoms with E-state index in [2.05, 4.69) is 34.0 Å². The summed E-state index contributed by atoms with van der Waals surface area (Å²) in [5, 5.41) is 11.6. The lowest BCUT2D eigenvalue weighted by atomic mass is 10.0. The molecular weight excluding hydrogens is 352 g/mol. The number of H-pyrrole nitrogens is 1. The zero-order chi connectivity index (χ0) is 19.8. The Hall–Kier alpha value is -2.15. The number of aromatic nitrogens is 4. The maximum absolute atomic E-state index is 13.2. The van der Waals surface area contributed by atoms with Crippen molar-refractivity contribution in [2.75, 3.05) is 26.2 Å². The van der Waals surface area contributed by atoms with Crippen molar-refractivity contribution in [3.05, 3.63) is 23.7 Å². The lowest BCUT2D eigenvalue weighted by Gasteiger charge is -2.34. The van der Waals surface area contributed by atoms with Crippen LogP contribution in [0.4, 0.5) is 0 Å². The van der Waals surface area contributed by atoms with Gasteiger partial charge in [-0.15, -0.1) is 0 Å². The summed E-state index contributed by atoms with van der Waals surface area (Å²) in [5.41, 5.74) is 3.34. The Morgan fingerprint density at radius 3 is 2.75 bits per heavy atom. The SMILES string of the molecule is Cc1c(-c2cc(C(=O)N3CCCN(CC4CC4)[C@@H](C(C)C)C3)[nH]n2)cnn1C. The van der Waals surface area contributed by atoms with E-state index >= 15 is 0 Å². The number of nitrogens with zero attached hydrogens (tertiary/aromatic N) is 5. The summed E-state index contributed by atoms with van der Waals surface area (Å²) in [6, 6.07) is 2.29. The van der Waals surface area contributed by atoms with Gasteiger partial charge in [-0.05, 0) is 44.1 Å². The first-order valence-electron chi connectivity index (χ1n) is 10.5. The van der Waals surface area contributed by atoms with E-state index in [1.54, 1.807) is 6.20 Å². The Morgan fingerprint density at radius 1 is 1.32 bits per heavy atom. The van der Waals surface area contributed by atoms with Gasteiger partial charge in [0.25, 0.3) is 5.91 Å². The van der Waals surface area contributed by atoms with Gasteiger partial charge >= 0.3 is 0 Å². The summed E-state index contributed by atoms with van der Waals surface area (Å²) >= 11 is 0. The van der Waals surface area contributed by atoms with Gasteiger partial charge in [0.1, 0.15) is 5.69 Å². The van der Waals surface area contributed by atoms with E-state index in [1.807, 2.05) is 29.6 Å². The molecule has 1 N–H and O–H groups in total. The molecule has 1 atom stereocenters. The van der Waals surface area contributed by atoms with Gasteiger partial charge in [-0.25, -0.2) is 0 Å². The number of hydrogen-bond acceptors (Lipinski definition) is 4. The highest BCUT2D eigenvalue weighted by Crippen LogP contribution is 2.32. The van der Waals surface area contributed by atoms with Crippen LogP contribution >= 0.6 is 0 Å². The minimum atomic E-state index is 0.0548. The largest absolute Gasteiger partial charge is 0.336 e. The highest BCUT2D eigenvalue weighted by molar-refractivity contribution is 5.93. The van der Waals surface area contributed by atoms with E-state index in [4.69, 9.17) is 0 Å². The topological polar surface area (TPSA) is 70.1 Å². The standard InChI is InChI=1S/C21H32N6O/c1-14(2)20-13-27(9-5-8-26(20)12-16-6-7-16)21(28)19-10-18(23-24-19)17-11-22-25(4)15(17)3/h10-11,14,16,20H,5-9,12-13H2,1-4H3,(H,23,24)/t20-/m1/s1. The Bertz CT molecular complexity index is 834. The number of nitrogens with one attached hydrogen (secondary N) is 1. The van der Waals surface area contributed by atoms with E-state index in [9.17, 15) is 4.79 Å². The molecule has 0 unspecified atom stereocenters. The van der Waals surface area contributed by atoms with E-state index in [0.717, 1.165) is 48.9 Å². The number of aromatic amines is 1. The quantitative estimate of drug-likeness (QED) is 0.860. The average molecular weight is 385 g/mol. The molecule has 3 heterocycles. The highest BCUT2D eigenvalue weighted by Gasteiger charge is 2.33. The van der Waals surface area contributed by atoms with Crippen LogP contribution in [0.2, 0.25) is 0 Å². The molecule has 1 aliphatic heterocycles. The number of carbonyl (C=O) groups excluding carboxylic acids is 1. The summed E-state index contributed by atoms with van der Waals surface area (Å²) < 4.78 is 1.82. The Labute approximate surface area is 167 Å². The first-order chi connectivity index (χ1) is 13.4. The van der Waals surface area contributed by atoms with Gasteiger partial charge in [0.05, 0.1) is 11.9 Å². The van der Waals surface area contributed by atoms with Crippen LogP contribution < -0.4 is 0 Å². The third kappa shape index (κ3) is 3.85. The maximum atomic E-state index is 13.2. The fourth-order valence-electron chi connectivity index (χ4n) is 4.23. The second-order valence-corrected chi connectivity index (χ2v) is 8.79. The Kier molecular flexibility index (Phi) is 5.27. The van der Waals surface area contributed by atoms with Crippen molar-refractivity contribution in [1.82, 2.24) is 29.8 Å². The molecular formula is C21H32N6O. The minimum Gasteiger partial charge on any atom is -0.336 e. The first kappa shape index (κ1) is 19.2. The van der Waals surface area contributed by atoms with E-state index in [1.165, 1.54) is 19.4 Å². The molecule has 7 nitrogen and oxygen atoms in total. The van der Waals surface area contributed by atoms with Crippen molar-refractivity contribution < 1.29 is 4.79 Å². The number of aryl methyl sites for hydroxylation is 1. The zero-order valence-electron chi connectivity index (χ0n) is 17.5. The van der Waals surface area contributed by atoms with Crippen LogP contribution in [0.1, 0.15) is 49.3 Å². The summed E-state index contributed by atoms with van der Waals surface area (Å²) in [4.78, 5) is 17.9. The smallest absolute Gasteiger partial charge is 0.271 e. The normalized spacial score (nSPS) is 21.3. The molecule has 152 valence electrons. The van der Waals surface area contributed by atoms with Crippen LogP contribution in [0.5, 0.6) is 0 Å². The monoisotopic (exact) mass is 384 g/mol. The molecule has 1 aliphatic carbocycles. The predicted molar refractivity (Wildman–Crippen MR) is 109 cm³/mol. The third-order valence-corrected chi connectivity index (χ3v) is 6.32. The summed E-state index contributed by atoms with van der Waals surface area (Å²) in [6.45, 7) is 10.4. The fourth-order valence-corrected chi connectivity index (χ4v) is 4.23. The van der Waals surface area contributed by atoms with Crippen molar-refractivity contribution in [3.8, 4) is 11.3 Å². The molecule has 1 saturated carbocycles. The molecule has 0 spiro atoms. The zero-order valence-corrected chi connectivity index (χ0v) is 17.5. The molecule has 0 bridgehead atoms. The molecule has 0 aromatic carbocycles. The van der Waals surface area contributed by atoms with Crippen molar-refractivity contribution in [3.63, 3.8) is 0 Å². The fraction of sp³-hybridized carbons (Fsp3) is 0.667. The van der Waals surface area contributed by atoms with Gasteiger partial charge in [-0.3, -0.25) is 19.5 Å². The number of amides is 1. The van der Waals surface area contributed by atoms with Crippen LogP contribution in [0.25, 0.3) is 11.3 Å². The molecule has 7 heteroatoms. The first-order valence-corrected chi connectivity index (χ1v) is 10.5. The lowest BCUT2D eigenvalue weighted by molar-refractivity contribution is 0.0698. The molecule has 2 aromatic heterocycles. The van der Waals surface area contributed by atoms with Crippen molar-refractivity contribution in [1.29, 1.82) is 0 Å². The molecule has 2 aromatic rings. The highest BCUT2D eigenvalue weighted by atomic mass is 16.2. The minimum absolute atomic E-state index is 0.0548. The average Bonchev–Trinajstić information content (AvgIpc) is 3.31. The Balaban J connectivity index is 1.50. The summed E-state index contributed by atoms with van der Waals surface area (Å²) in [5.74, 6) is 1.46. The second-order valence-electron chi connectivity index (χ2n) is 8.79. The van der Waals surface area contributed by atoms with E-state index < -0.39 is 0 Å². The molecule has 2 aliphatic rings. The van der Waals surface area contributed by atoms with Gasteiger partial charge in [-0.2, -0.15) is 10.2 Å². The van der Waals surface area contributed by atoms with Crippen molar-refractivity contribution in [2.45, 2.75) is 46.1 Å². The maximum Gasteiger partial charge on any atom is 0.271 e. The molecule has 2 fully saturated rings. The van der Waals surface area contributed by atoms with Crippen LogP contribution in [-0.2, 0) is 7.05 Å². The van der Waals surface area contributed by atoms with Gasteiger partial charge in [0, 0.05) is 50.5 Å². The van der Waals surface area contributed by atoms with E-state index in [0.29, 0.717) is 17.7 Å². The summed E-state index contributed by atoms with van der Waals surface area (Å²) in [7, 11) is 1.91. The molecule has 1 saturated heterocycles. The Morgan fingerprint density at radius 2 is 2.11 bits per heavy atom. The van der Waals surface area contributed by atoms with Crippen LogP contribution in [0.3, 0.4) is 0 Å². The molecule has 4 rings (SSSR count). The molecule has 0 radical (unpaired) electrons. The van der Waals surface area contributed by atoms with Crippen molar-refractivity contribution in [2.24, 2.45) is 18.9 Å². The summed E-state index contributed by atoms with van der Waals surface area (Å²) in [6.07, 6.45) is 5.57. The van der Waals surface area contributed by atoms with Crippen molar-refractivity contribution >= 4 is 5.91 Å².